The highest BCUT2D eigenvalue weighted by Gasteiger charge is 2.37. The summed E-state index contributed by atoms with van der Waals surface area (Å²) in [7, 11) is 0. The summed E-state index contributed by atoms with van der Waals surface area (Å²) in [5, 5.41) is 3.83. The van der Waals surface area contributed by atoms with Crippen LogP contribution in [0.1, 0.15) is 70.4 Å². The van der Waals surface area contributed by atoms with E-state index in [-0.39, 0.29) is 30.5 Å². The zero-order valence-corrected chi connectivity index (χ0v) is 32.0. The molecule has 1 N–H and O–H groups in total. The van der Waals surface area contributed by atoms with Gasteiger partial charge in [0, 0.05) is 64.0 Å². The normalized spacial score (nSPS) is 20.1. The summed E-state index contributed by atoms with van der Waals surface area (Å²) in [5.74, 6) is 0.732. The number of halogens is 2. The van der Waals surface area contributed by atoms with Crippen molar-refractivity contribution in [3.63, 3.8) is 0 Å². The number of benzene rings is 2. The van der Waals surface area contributed by atoms with Gasteiger partial charge in [-0.2, -0.15) is 0 Å². The predicted molar refractivity (Wildman–Crippen MR) is 201 cm³/mol. The van der Waals surface area contributed by atoms with Crippen molar-refractivity contribution in [1.82, 2.24) is 19.6 Å². The van der Waals surface area contributed by atoms with Crippen LogP contribution in [0.15, 0.2) is 42.5 Å². The first kappa shape index (κ1) is 38.0. The van der Waals surface area contributed by atoms with Crippen molar-refractivity contribution >= 4 is 53.0 Å². The SMILES string of the molecule is CC(C)(C)OC(=O)N1CCC(C2CCN(C(=O)[C@@H](Cc3ccc(Cl)c(Cl)c3)OC(=O)N3CCC(N4CCc5ccccc5NC4=O)CC3)CC2)CC1. The van der Waals surface area contributed by atoms with Gasteiger partial charge in [-0.25, -0.2) is 14.4 Å². The molecule has 0 bridgehead atoms. The van der Waals surface area contributed by atoms with Gasteiger partial charge < -0.3 is 34.4 Å². The number of carbonyl (C=O) groups excluding carboxylic acids is 4. The van der Waals surface area contributed by atoms with E-state index in [0.717, 1.165) is 48.9 Å². The highest BCUT2D eigenvalue weighted by atomic mass is 35.5. The Morgan fingerprint density at radius 1 is 0.788 bits per heavy atom. The molecular formula is C39H51Cl2N5O6. The van der Waals surface area contributed by atoms with E-state index in [2.05, 4.69) is 5.32 Å². The van der Waals surface area contributed by atoms with E-state index < -0.39 is 17.8 Å². The van der Waals surface area contributed by atoms with Crippen molar-refractivity contribution in [3.8, 4) is 0 Å². The molecule has 4 heterocycles. The van der Waals surface area contributed by atoms with E-state index in [9.17, 15) is 19.2 Å². The number of hydrogen-bond acceptors (Lipinski definition) is 6. The Labute approximate surface area is 316 Å². The quantitative estimate of drug-likeness (QED) is 0.327. The summed E-state index contributed by atoms with van der Waals surface area (Å²) in [6.45, 7) is 9.61. The molecule has 3 fully saturated rings. The van der Waals surface area contributed by atoms with E-state index in [1.807, 2.05) is 54.8 Å². The van der Waals surface area contributed by atoms with Crippen LogP contribution in [0.5, 0.6) is 0 Å². The van der Waals surface area contributed by atoms with Gasteiger partial charge in [-0.1, -0.05) is 47.5 Å². The van der Waals surface area contributed by atoms with E-state index >= 15 is 0 Å². The first-order valence-electron chi connectivity index (χ1n) is 18.7. The Morgan fingerprint density at radius 3 is 2.02 bits per heavy atom. The predicted octanol–water partition coefficient (Wildman–Crippen LogP) is 7.48. The topological polar surface area (TPSA) is 112 Å². The van der Waals surface area contributed by atoms with Crippen molar-refractivity contribution in [2.24, 2.45) is 11.8 Å². The Kier molecular flexibility index (Phi) is 12.1. The number of amides is 5. The summed E-state index contributed by atoms with van der Waals surface area (Å²) in [4.78, 5) is 60.5. The molecule has 13 heteroatoms. The maximum atomic E-state index is 14.1. The number of nitrogens with one attached hydrogen (secondary N) is 1. The van der Waals surface area contributed by atoms with Crippen LogP contribution in [-0.4, -0.2) is 107 Å². The molecule has 4 aliphatic heterocycles. The highest BCUT2D eigenvalue weighted by Crippen LogP contribution is 2.34. The molecular weight excluding hydrogens is 705 g/mol. The lowest BCUT2D eigenvalue weighted by atomic mass is 9.79. The zero-order valence-electron chi connectivity index (χ0n) is 30.5. The molecule has 6 rings (SSSR count). The molecule has 4 aliphatic rings. The van der Waals surface area contributed by atoms with Gasteiger partial charge in [0.15, 0.2) is 6.10 Å². The third kappa shape index (κ3) is 9.44. The number of rotatable bonds is 6. The number of fused-ring (bicyclic) bond motifs is 1. The maximum Gasteiger partial charge on any atom is 0.410 e. The fourth-order valence-corrected chi connectivity index (χ4v) is 8.35. The maximum absolute atomic E-state index is 14.1. The molecule has 52 heavy (non-hydrogen) atoms. The molecule has 3 saturated heterocycles. The fraction of sp³-hybridized carbons (Fsp3) is 0.590. The molecule has 0 spiro atoms. The first-order valence-corrected chi connectivity index (χ1v) is 19.4. The summed E-state index contributed by atoms with van der Waals surface area (Å²) in [6.07, 6.45) is 3.93. The largest absolute Gasteiger partial charge is 0.444 e. The number of para-hydroxylation sites is 1. The molecule has 282 valence electrons. The van der Waals surface area contributed by atoms with Crippen LogP contribution in [0.25, 0.3) is 0 Å². The van der Waals surface area contributed by atoms with Gasteiger partial charge in [0.25, 0.3) is 5.91 Å². The van der Waals surface area contributed by atoms with E-state index in [0.29, 0.717) is 80.5 Å². The average molecular weight is 757 g/mol. The lowest BCUT2D eigenvalue weighted by molar-refractivity contribution is -0.142. The highest BCUT2D eigenvalue weighted by molar-refractivity contribution is 6.42. The number of piperidine rings is 3. The molecule has 0 radical (unpaired) electrons. The van der Waals surface area contributed by atoms with E-state index in [1.165, 1.54) is 0 Å². The zero-order chi connectivity index (χ0) is 37.0. The van der Waals surface area contributed by atoms with Gasteiger partial charge in [0.1, 0.15) is 5.60 Å². The van der Waals surface area contributed by atoms with Gasteiger partial charge in [-0.05, 0) is 107 Å². The molecule has 0 aliphatic carbocycles. The summed E-state index contributed by atoms with van der Waals surface area (Å²) >= 11 is 12.5. The Bertz CT molecular complexity index is 1610. The Hall–Kier alpha value is -3.70. The van der Waals surface area contributed by atoms with Crippen LogP contribution < -0.4 is 5.32 Å². The van der Waals surface area contributed by atoms with Gasteiger partial charge in [0.2, 0.25) is 0 Å². The molecule has 0 aromatic heterocycles. The minimum absolute atomic E-state index is 0.00200. The first-order chi connectivity index (χ1) is 24.8. The number of nitrogens with zero attached hydrogens (tertiary/aromatic N) is 4. The molecule has 0 saturated carbocycles. The van der Waals surface area contributed by atoms with Crippen LogP contribution >= 0.6 is 23.2 Å². The van der Waals surface area contributed by atoms with Gasteiger partial charge >= 0.3 is 18.2 Å². The molecule has 0 unspecified atom stereocenters. The number of anilines is 1. The van der Waals surface area contributed by atoms with Crippen LogP contribution in [0, 0.1) is 11.8 Å². The van der Waals surface area contributed by atoms with Gasteiger partial charge in [0.05, 0.1) is 10.0 Å². The molecule has 11 nitrogen and oxygen atoms in total. The minimum Gasteiger partial charge on any atom is -0.444 e. The summed E-state index contributed by atoms with van der Waals surface area (Å²) in [5.41, 5.74) is 2.19. The Balaban J connectivity index is 1.03. The number of urea groups is 1. The number of hydrogen-bond donors (Lipinski definition) is 1. The lowest BCUT2D eigenvalue weighted by Gasteiger charge is -2.41. The molecule has 5 amide bonds. The van der Waals surface area contributed by atoms with Gasteiger partial charge in [-0.15, -0.1) is 0 Å². The average Bonchev–Trinajstić information content (AvgIpc) is 3.30. The van der Waals surface area contributed by atoms with Crippen LogP contribution in [0.4, 0.5) is 20.1 Å². The monoisotopic (exact) mass is 755 g/mol. The fourth-order valence-electron chi connectivity index (χ4n) is 8.03. The number of carbonyl (C=O) groups is 4. The summed E-state index contributed by atoms with van der Waals surface area (Å²) in [6, 6.07) is 12.9. The minimum atomic E-state index is -1.02. The lowest BCUT2D eigenvalue weighted by Crippen LogP contribution is -2.52. The smallest absolute Gasteiger partial charge is 0.410 e. The van der Waals surface area contributed by atoms with Crippen LogP contribution in [0.3, 0.4) is 0 Å². The number of likely N-dealkylation sites (tertiary alicyclic amines) is 3. The number of ether oxygens (including phenoxy) is 2. The van der Waals surface area contributed by atoms with E-state index in [1.54, 1.807) is 28.0 Å². The van der Waals surface area contributed by atoms with Gasteiger partial charge in [-0.3, -0.25) is 4.79 Å². The second kappa shape index (κ2) is 16.5. The molecule has 1 atom stereocenters. The second-order valence-electron chi connectivity index (χ2n) is 15.5. The second-order valence-corrected chi connectivity index (χ2v) is 16.4. The molecule has 2 aromatic carbocycles. The third-order valence-corrected chi connectivity index (χ3v) is 11.7. The summed E-state index contributed by atoms with van der Waals surface area (Å²) < 4.78 is 11.6. The van der Waals surface area contributed by atoms with Crippen molar-refractivity contribution in [1.29, 1.82) is 0 Å². The third-order valence-electron chi connectivity index (χ3n) is 10.9. The Morgan fingerprint density at radius 2 is 1.38 bits per heavy atom. The van der Waals surface area contributed by atoms with Crippen LogP contribution in [-0.2, 0) is 27.1 Å². The standard InChI is InChI=1S/C39H51Cl2N5O6/c1-39(2,3)52-38(50)45-19-12-28(13-20-45)27-10-17-43(18-11-27)35(47)34(25-26-8-9-31(40)32(41)24-26)51-37(49)44-21-15-30(16-22-44)46-23-14-29-6-4-5-7-33(29)42-36(46)48/h4-9,24,27-28,30,34H,10-23,25H2,1-3H3,(H,42,48)/t34-/m1/s1. The van der Waals surface area contributed by atoms with Crippen molar-refractivity contribution in [2.45, 2.75) is 89.9 Å². The van der Waals surface area contributed by atoms with Crippen LogP contribution in [0.2, 0.25) is 10.0 Å². The van der Waals surface area contributed by atoms with Crippen molar-refractivity contribution in [2.75, 3.05) is 51.1 Å². The van der Waals surface area contributed by atoms with Crippen molar-refractivity contribution in [3.05, 3.63) is 63.6 Å². The van der Waals surface area contributed by atoms with Crippen molar-refractivity contribution < 1.29 is 28.7 Å². The molecule has 2 aromatic rings. The van der Waals surface area contributed by atoms with E-state index in [4.69, 9.17) is 32.7 Å².